The summed E-state index contributed by atoms with van der Waals surface area (Å²) >= 11 is 0. The lowest BCUT2D eigenvalue weighted by atomic mass is 9.77. The summed E-state index contributed by atoms with van der Waals surface area (Å²) in [6.45, 7) is 2.51. The van der Waals surface area contributed by atoms with Gasteiger partial charge in [0, 0.05) is 32.5 Å². The number of carbonyl (C=O) groups is 2. The molecule has 2 amide bonds. The van der Waals surface area contributed by atoms with Crippen molar-refractivity contribution in [3.63, 3.8) is 0 Å². The second-order valence-electron chi connectivity index (χ2n) is 7.38. The van der Waals surface area contributed by atoms with Gasteiger partial charge in [0.1, 0.15) is 0 Å². The normalized spacial score (nSPS) is 26.1. The van der Waals surface area contributed by atoms with Crippen LogP contribution in [0.5, 0.6) is 0 Å². The molecule has 4 nitrogen and oxygen atoms in total. The van der Waals surface area contributed by atoms with Crippen LogP contribution in [0.4, 0.5) is 0 Å². The minimum atomic E-state index is 0.150. The lowest BCUT2D eigenvalue weighted by Gasteiger charge is -2.38. The molecule has 3 aliphatic rings. The minimum absolute atomic E-state index is 0.150. The van der Waals surface area contributed by atoms with Gasteiger partial charge >= 0.3 is 0 Å². The molecule has 3 fully saturated rings. The molecule has 2 aliphatic heterocycles. The van der Waals surface area contributed by atoms with Gasteiger partial charge in [-0.2, -0.15) is 0 Å². The third-order valence-corrected chi connectivity index (χ3v) is 5.86. The third kappa shape index (κ3) is 3.58. The average Bonchev–Trinajstić information content (AvgIpc) is 2.87. The molecule has 1 aliphatic carbocycles. The van der Waals surface area contributed by atoms with Gasteiger partial charge in [-0.25, -0.2) is 0 Å². The third-order valence-electron chi connectivity index (χ3n) is 5.86. The van der Waals surface area contributed by atoms with Gasteiger partial charge in [-0.3, -0.25) is 9.59 Å². The summed E-state index contributed by atoms with van der Waals surface area (Å²) in [6.07, 6.45) is 11.2. The van der Waals surface area contributed by atoms with Gasteiger partial charge in [0.05, 0.1) is 0 Å². The summed E-state index contributed by atoms with van der Waals surface area (Å²) in [5, 5.41) is 2.95. The molecule has 0 radical (unpaired) electrons. The van der Waals surface area contributed by atoms with Crippen molar-refractivity contribution in [1.29, 1.82) is 0 Å². The molecular formula is C17H28N2O2. The maximum absolute atomic E-state index is 12.4. The van der Waals surface area contributed by atoms with Gasteiger partial charge in [0.2, 0.25) is 11.8 Å². The van der Waals surface area contributed by atoms with Crippen LogP contribution >= 0.6 is 0 Å². The van der Waals surface area contributed by atoms with E-state index in [1.807, 2.05) is 4.90 Å². The Kier molecular flexibility index (Phi) is 4.51. The predicted octanol–water partition coefficient (Wildman–Crippen LogP) is 2.48. The highest BCUT2D eigenvalue weighted by atomic mass is 16.2. The Morgan fingerprint density at radius 2 is 1.90 bits per heavy atom. The Bertz CT molecular complexity index is 394. The number of rotatable bonds is 3. The SMILES string of the molecule is O=C1CC2(CCN(C(=O)CCC3CCCCC3)CC2)CN1. The number of piperidine rings is 1. The van der Waals surface area contributed by atoms with Crippen LogP contribution < -0.4 is 5.32 Å². The van der Waals surface area contributed by atoms with Crippen LogP contribution in [0, 0.1) is 11.3 Å². The van der Waals surface area contributed by atoms with E-state index in [1.54, 1.807) is 0 Å². The number of nitrogens with zero attached hydrogens (tertiary/aromatic N) is 1. The van der Waals surface area contributed by atoms with Crippen molar-refractivity contribution in [3.8, 4) is 0 Å². The van der Waals surface area contributed by atoms with E-state index in [2.05, 4.69) is 5.32 Å². The van der Waals surface area contributed by atoms with Crippen molar-refractivity contribution in [1.82, 2.24) is 10.2 Å². The fourth-order valence-electron chi connectivity index (χ4n) is 4.30. The zero-order valence-electron chi connectivity index (χ0n) is 13.0. The van der Waals surface area contributed by atoms with Gasteiger partial charge in [-0.15, -0.1) is 0 Å². The number of carbonyl (C=O) groups excluding carboxylic acids is 2. The van der Waals surface area contributed by atoms with Crippen LogP contribution in [0.1, 0.15) is 64.2 Å². The van der Waals surface area contributed by atoms with Gasteiger partial charge in [0.15, 0.2) is 0 Å². The van der Waals surface area contributed by atoms with Gasteiger partial charge in [-0.1, -0.05) is 32.1 Å². The standard InChI is InChI=1S/C17H28N2O2/c20-15-12-17(13-18-15)8-10-19(11-9-17)16(21)7-6-14-4-2-1-3-5-14/h14H,1-13H2,(H,18,20). The van der Waals surface area contributed by atoms with E-state index >= 15 is 0 Å². The number of hydrogen-bond donors (Lipinski definition) is 1. The molecular weight excluding hydrogens is 264 g/mol. The molecule has 2 saturated heterocycles. The molecule has 2 heterocycles. The van der Waals surface area contributed by atoms with Gasteiger partial charge < -0.3 is 10.2 Å². The van der Waals surface area contributed by atoms with Crippen LogP contribution in [0.25, 0.3) is 0 Å². The first kappa shape index (κ1) is 14.9. The van der Waals surface area contributed by atoms with Crippen molar-refractivity contribution in [2.45, 2.75) is 64.2 Å². The highest BCUT2D eigenvalue weighted by molar-refractivity contribution is 5.79. The Labute approximate surface area is 127 Å². The number of hydrogen-bond acceptors (Lipinski definition) is 2. The summed E-state index contributed by atoms with van der Waals surface area (Å²) in [5.41, 5.74) is 0.150. The van der Waals surface area contributed by atoms with Crippen LogP contribution in [0.3, 0.4) is 0 Å². The summed E-state index contributed by atoms with van der Waals surface area (Å²) in [5.74, 6) is 1.32. The fourth-order valence-corrected chi connectivity index (χ4v) is 4.30. The van der Waals surface area contributed by atoms with E-state index in [0.29, 0.717) is 12.3 Å². The van der Waals surface area contributed by atoms with Crippen molar-refractivity contribution >= 4 is 11.8 Å². The largest absolute Gasteiger partial charge is 0.356 e. The molecule has 0 aromatic rings. The van der Waals surface area contributed by atoms with Crippen molar-refractivity contribution in [2.24, 2.45) is 11.3 Å². The summed E-state index contributed by atoms with van der Waals surface area (Å²) in [6, 6.07) is 0. The Morgan fingerprint density at radius 3 is 2.52 bits per heavy atom. The predicted molar refractivity (Wildman–Crippen MR) is 81.7 cm³/mol. The van der Waals surface area contributed by atoms with Gasteiger partial charge in [-0.05, 0) is 30.6 Å². The number of likely N-dealkylation sites (tertiary alicyclic amines) is 1. The fraction of sp³-hybridized carbons (Fsp3) is 0.882. The minimum Gasteiger partial charge on any atom is -0.356 e. The van der Waals surface area contributed by atoms with E-state index in [-0.39, 0.29) is 11.3 Å². The van der Waals surface area contributed by atoms with Gasteiger partial charge in [0.25, 0.3) is 0 Å². The molecule has 4 heteroatoms. The molecule has 0 aromatic heterocycles. The first-order chi connectivity index (χ1) is 10.2. The van der Waals surface area contributed by atoms with Crippen LogP contribution in [-0.2, 0) is 9.59 Å². The van der Waals surface area contributed by atoms with Crippen LogP contribution in [0.15, 0.2) is 0 Å². The maximum Gasteiger partial charge on any atom is 0.222 e. The molecule has 3 rings (SSSR count). The molecule has 1 N–H and O–H groups in total. The van der Waals surface area contributed by atoms with E-state index in [9.17, 15) is 9.59 Å². The number of nitrogens with one attached hydrogen (secondary N) is 1. The van der Waals surface area contributed by atoms with E-state index in [4.69, 9.17) is 0 Å². The Balaban J connectivity index is 1.41. The molecule has 0 atom stereocenters. The highest BCUT2D eigenvalue weighted by Gasteiger charge is 2.41. The van der Waals surface area contributed by atoms with E-state index in [1.165, 1.54) is 32.1 Å². The van der Waals surface area contributed by atoms with Crippen LogP contribution in [0.2, 0.25) is 0 Å². The molecule has 1 saturated carbocycles. The molecule has 0 unspecified atom stereocenters. The summed E-state index contributed by atoms with van der Waals surface area (Å²) in [4.78, 5) is 25.8. The molecule has 0 aromatic carbocycles. The highest BCUT2D eigenvalue weighted by Crippen LogP contribution is 2.37. The molecule has 118 valence electrons. The van der Waals surface area contributed by atoms with Crippen LogP contribution in [-0.4, -0.2) is 36.3 Å². The van der Waals surface area contributed by atoms with E-state index < -0.39 is 0 Å². The smallest absolute Gasteiger partial charge is 0.222 e. The quantitative estimate of drug-likeness (QED) is 0.868. The molecule has 21 heavy (non-hydrogen) atoms. The lowest BCUT2D eigenvalue weighted by Crippen LogP contribution is -2.44. The van der Waals surface area contributed by atoms with E-state index in [0.717, 1.165) is 51.2 Å². The Morgan fingerprint density at radius 1 is 1.19 bits per heavy atom. The lowest BCUT2D eigenvalue weighted by molar-refractivity contribution is -0.133. The summed E-state index contributed by atoms with van der Waals surface area (Å²) in [7, 11) is 0. The zero-order chi connectivity index (χ0) is 14.7. The first-order valence-corrected chi connectivity index (χ1v) is 8.71. The maximum atomic E-state index is 12.4. The average molecular weight is 292 g/mol. The van der Waals surface area contributed by atoms with Crippen molar-refractivity contribution < 1.29 is 9.59 Å². The molecule has 1 spiro atoms. The molecule has 0 bridgehead atoms. The summed E-state index contributed by atoms with van der Waals surface area (Å²) < 4.78 is 0. The topological polar surface area (TPSA) is 49.4 Å². The van der Waals surface area contributed by atoms with Crippen molar-refractivity contribution in [3.05, 3.63) is 0 Å². The zero-order valence-corrected chi connectivity index (χ0v) is 13.0. The second-order valence-corrected chi connectivity index (χ2v) is 7.38. The Hall–Kier alpha value is -1.06. The second kappa shape index (κ2) is 6.37. The first-order valence-electron chi connectivity index (χ1n) is 8.71. The monoisotopic (exact) mass is 292 g/mol. The van der Waals surface area contributed by atoms with Crippen molar-refractivity contribution in [2.75, 3.05) is 19.6 Å². The number of amides is 2.